The Morgan fingerprint density at radius 1 is 1.31 bits per heavy atom. The lowest BCUT2D eigenvalue weighted by atomic mass is 10.1. The summed E-state index contributed by atoms with van der Waals surface area (Å²) in [5, 5.41) is 18.4. The Morgan fingerprint density at radius 2 is 2.00 bits per heavy atom. The Hall–Kier alpha value is -1.51. The minimum atomic E-state index is -0.128. The number of aromatic hydroxyl groups is 2. The average molecular weight is 178 g/mol. The fraction of sp³-hybridized carbons (Fsp3) is 0.300. The molecule has 3 nitrogen and oxygen atoms in total. The van der Waals surface area contributed by atoms with Crippen molar-refractivity contribution in [3.8, 4) is 11.5 Å². The molecular formula is C10H10O3. The smallest absolute Gasteiger partial charge is 0.169 e. The van der Waals surface area contributed by atoms with Crippen LogP contribution in [0.2, 0.25) is 0 Å². The maximum atomic E-state index is 11.5. The van der Waals surface area contributed by atoms with E-state index >= 15 is 0 Å². The molecule has 1 aliphatic carbocycles. The molecule has 0 bridgehead atoms. The molecule has 2 N–H and O–H groups in total. The van der Waals surface area contributed by atoms with Crippen LogP contribution < -0.4 is 0 Å². The lowest BCUT2D eigenvalue weighted by molar-refractivity contribution is 0.0965. The summed E-state index contributed by atoms with van der Waals surface area (Å²) in [7, 11) is 0. The number of hydrogen-bond donors (Lipinski definition) is 2. The highest BCUT2D eigenvalue weighted by Crippen LogP contribution is 2.35. The molecule has 68 valence electrons. The molecule has 0 radical (unpaired) electrons. The maximum absolute atomic E-state index is 11.5. The monoisotopic (exact) mass is 178 g/mol. The standard InChI is InChI=1S/C10H10O3/c11-7-3-4-8(9(12)5-7)10(13)6-1-2-6/h3-6,11-12H,1-2H2. The van der Waals surface area contributed by atoms with Crippen LogP contribution in [0.15, 0.2) is 18.2 Å². The quantitative estimate of drug-likeness (QED) is 0.677. The molecule has 3 heteroatoms. The maximum Gasteiger partial charge on any atom is 0.169 e. The molecule has 1 saturated carbocycles. The normalized spacial score (nSPS) is 15.7. The van der Waals surface area contributed by atoms with E-state index in [9.17, 15) is 9.90 Å². The van der Waals surface area contributed by atoms with Gasteiger partial charge in [0.1, 0.15) is 11.5 Å². The Kier molecular flexibility index (Phi) is 1.72. The number of carbonyl (C=O) groups is 1. The Labute approximate surface area is 75.6 Å². The lowest BCUT2D eigenvalue weighted by Gasteiger charge is -2.02. The number of ketones is 1. The number of benzene rings is 1. The van der Waals surface area contributed by atoms with Gasteiger partial charge in [0.15, 0.2) is 5.78 Å². The summed E-state index contributed by atoms with van der Waals surface area (Å²) in [5.74, 6) is -0.0744. The van der Waals surface area contributed by atoms with Gasteiger partial charge in [0.2, 0.25) is 0 Å². The highest BCUT2D eigenvalue weighted by atomic mass is 16.3. The molecule has 13 heavy (non-hydrogen) atoms. The summed E-state index contributed by atoms with van der Waals surface area (Å²) in [6.07, 6.45) is 1.83. The third kappa shape index (κ3) is 1.49. The molecule has 1 aliphatic rings. The predicted molar refractivity (Wildman–Crippen MR) is 46.8 cm³/mol. The first kappa shape index (κ1) is 8.10. The van der Waals surface area contributed by atoms with Gasteiger partial charge < -0.3 is 10.2 Å². The van der Waals surface area contributed by atoms with Crippen LogP contribution in [0.25, 0.3) is 0 Å². The van der Waals surface area contributed by atoms with E-state index in [1.54, 1.807) is 0 Å². The van der Waals surface area contributed by atoms with Crippen molar-refractivity contribution >= 4 is 5.78 Å². The fourth-order valence-corrected chi connectivity index (χ4v) is 1.29. The summed E-state index contributed by atoms with van der Waals surface area (Å²) >= 11 is 0. The highest BCUT2D eigenvalue weighted by molar-refractivity contribution is 6.01. The number of phenolic OH excluding ortho intramolecular Hbond substituents is 2. The third-order valence-corrected chi connectivity index (χ3v) is 2.19. The van der Waals surface area contributed by atoms with E-state index in [0.717, 1.165) is 12.8 Å². The van der Waals surface area contributed by atoms with Crippen molar-refractivity contribution in [3.63, 3.8) is 0 Å². The van der Waals surface area contributed by atoms with Crippen LogP contribution in [0.1, 0.15) is 23.2 Å². The summed E-state index contributed by atoms with van der Waals surface area (Å²) < 4.78 is 0. The Bertz CT molecular complexity index is 353. The van der Waals surface area contributed by atoms with Gasteiger partial charge in [0, 0.05) is 12.0 Å². The van der Waals surface area contributed by atoms with Gasteiger partial charge in [-0.3, -0.25) is 4.79 Å². The zero-order chi connectivity index (χ0) is 9.42. The Morgan fingerprint density at radius 3 is 2.54 bits per heavy atom. The number of rotatable bonds is 2. The minimum absolute atomic E-state index is 0.0162. The van der Waals surface area contributed by atoms with Crippen molar-refractivity contribution in [2.75, 3.05) is 0 Å². The van der Waals surface area contributed by atoms with Crippen LogP contribution in [-0.2, 0) is 0 Å². The van der Waals surface area contributed by atoms with Crippen molar-refractivity contribution in [2.45, 2.75) is 12.8 Å². The van der Waals surface area contributed by atoms with E-state index in [1.807, 2.05) is 0 Å². The first-order valence-electron chi connectivity index (χ1n) is 4.24. The van der Waals surface area contributed by atoms with Crippen LogP contribution in [-0.4, -0.2) is 16.0 Å². The number of phenols is 2. The van der Waals surface area contributed by atoms with Gasteiger partial charge in [0.05, 0.1) is 5.56 Å². The average Bonchev–Trinajstić information content (AvgIpc) is 2.85. The molecule has 1 aromatic carbocycles. The zero-order valence-electron chi connectivity index (χ0n) is 7.03. The predicted octanol–water partition coefficient (Wildman–Crippen LogP) is 1.69. The first-order valence-corrected chi connectivity index (χ1v) is 4.24. The lowest BCUT2D eigenvalue weighted by Crippen LogP contribution is -2.00. The van der Waals surface area contributed by atoms with Crippen LogP contribution >= 0.6 is 0 Å². The fourth-order valence-electron chi connectivity index (χ4n) is 1.29. The number of carbonyl (C=O) groups excluding carboxylic acids is 1. The van der Waals surface area contributed by atoms with Crippen molar-refractivity contribution in [1.29, 1.82) is 0 Å². The molecule has 0 aromatic heterocycles. The van der Waals surface area contributed by atoms with Crippen molar-refractivity contribution in [2.24, 2.45) is 5.92 Å². The van der Waals surface area contributed by atoms with Crippen LogP contribution in [0.4, 0.5) is 0 Å². The molecule has 1 aromatic rings. The van der Waals surface area contributed by atoms with Gasteiger partial charge in [-0.05, 0) is 25.0 Å². The summed E-state index contributed by atoms with van der Waals surface area (Å²) in [6.45, 7) is 0. The third-order valence-electron chi connectivity index (χ3n) is 2.19. The number of hydrogen-bond acceptors (Lipinski definition) is 3. The van der Waals surface area contributed by atoms with Gasteiger partial charge in [-0.15, -0.1) is 0 Å². The van der Waals surface area contributed by atoms with E-state index in [1.165, 1.54) is 18.2 Å². The zero-order valence-corrected chi connectivity index (χ0v) is 7.03. The van der Waals surface area contributed by atoms with Crippen LogP contribution in [0.3, 0.4) is 0 Å². The van der Waals surface area contributed by atoms with Crippen LogP contribution in [0.5, 0.6) is 11.5 Å². The Balaban J connectivity index is 2.33. The molecule has 0 amide bonds. The van der Waals surface area contributed by atoms with E-state index in [2.05, 4.69) is 0 Å². The van der Waals surface area contributed by atoms with E-state index in [0.29, 0.717) is 5.56 Å². The second-order valence-corrected chi connectivity index (χ2v) is 3.34. The van der Waals surface area contributed by atoms with E-state index in [4.69, 9.17) is 5.11 Å². The molecule has 0 aliphatic heterocycles. The van der Waals surface area contributed by atoms with E-state index in [-0.39, 0.29) is 23.2 Å². The molecule has 0 atom stereocenters. The van der Waals surface area contributed by atoms with Gasteiger partial charge in [0.25, 0.3) is 0 Å². The summed E-state index contributed by atoms with van der Waals surface area (Å²) in [6, 6.07) is 4.07. The molecule has 0 spiro atoms. The van der Waals surface area contributed by atoms with E-state index < -0.39 is 0 Å². The molecule has 2 rings (SSSR count). The topological polar surface area (TPSA) is 57.5 Å². The van der Waals surface area contributed by atoms with Crippen molar-refractivity contribution in [1.82, 2.24) is 0 Å². The molecule has 0 unspecified atom stereocenters. The van der Waals surface area contributed by atoms with Gasteiger partial charge in [-0.1, -0.05) is 0 Å². The largest absolute Gasteiger partial charge is 0.508 e. The highest BCUT2D eigenvalue weighted by Gasteiger charge is 2.31. The number of Topliss-reactive ketones (excluding diaryl/α,β-unsaturated/α-hetero) is 1. The molecule has 0 saturated heterocycles. The van der Waals surface area contributed by atoms with Crippen molar-refractivity contribution in [3.05, 3.63) is 23.8 Å². The van der Waals surface area contributed by atoms with Gasteiger partial charge in [-0.25, -0.2) is 0 Å². The molecular weight excluding hydrogens is 168 g/mol. The van der Waals surface area contributed by atoms with Gasteiger partial charge in [-0.2, -0.15) is 0 Å². The molecule has 1 fully saturated rings. The van der Waals surface area contributed by atoms with Crippen LogP contribution in [0, 0.1) is 5.92 Å². The molecule has 0 heterocycles. The second kappa shape index (κ2) is 2.76. The van der Waals surface area contributed by atoms with Crippen molar-refractivity contribution < 1.29 is 15.0 Å². The summed E-state index contributed by atoms with van der Waals surface area (Å²) in [5.41, 5.74) is 0.320. The minimum Gasteiger partial charge on any atom is -0.508 e. The first-order chi connectivity index (χ1) is 6.18. The summed E-state index contributed by atoms with van der Waals surface area (Å²) in [4.78, 5) is 11.5. The van der Waals surface area contributed by atoms with Gasteiger partial charge >= 0.3 is 0 Å². The second-order valence-electron chi connectivity index (χ2n) is 3.34. The SMILES string of the molecule is O=C(c1ccc(O)cc1O)C1CC1.